The summed E-state index contributed by atoms with van der Waals surface area (Å²) in [5.41, 5.74) is 1.28. The zero-order valence-corrected chi connectivity index (χ0v) is 17.8. The molecule has 0 bridgehead atoms. The molecule has 3 rings (SSSR count). The number of amides is 1. The molecule has 0 radical (unpaired) electrons. The first-order valence-electron chi connectivity index (χ1n) is 10.2. The predicted molar refractivity (Wildman–Crippen MR) is 111 cm³/mol. The highest BCUT2D eigenvalue weighted by molar-refractivity contribution is 5.84. The molecule has 1 aliphatic heterocycles. The molecule has 1 fully saturated rings. The van der Waals surface area contributed by atoms with Crippen LogP contribution in [0.15, 0.2) is 18.2 Å². The number of aromatic nitrogens is 2. The molecule has 0 spiro atoms. The van der Waals surface area contributed by atoms with E-state index in [4.69, 9.17) is 4.74 Å². The number of nitro groups is 1. The quantitative estimate of drug-likeness (QED) is 0.538. The van der Waals surface area contributed by atoms with Crippen LogP contribution in [0.25, 0.3) is 10.9 Å². The van der Waals surface area contributed by atoms with Crippen molar-refractivity contribution in [3.63, 3.8) is 0 Å². The molecule has 1 atom stereocenters. The number of hydrogen-bond acceptors (Lipinski definition) is 5. The summed E-state index contributed by atoms with van der Waals surface area (Å²) in [6.07, 6.45) is 2.51. The maximum atomic E-state index is 12.2. The van der Waals surface area contributed by atoms with Crippen LogP contribution in [0.2, 0.25) is 0 Å². The topological polar surface area (TPSA) is 90.5 Å². The van der Waals surface area contributed by atoms with Gasteiger partial charge in [-0.3, -0.25) is 14.8 Å². The van der Waals surface area contributed by atoms with Gasteiger partial charge in [-0.25, -0.2) is 4.79 Å². The van der Waals surface area contributed by atoms with E-state index in [0.717, 1.165) is 35.9 Å². The lowest BCUT2D eigenvalue weighted by molar-refractivity contribution is -0.384. The van der Waals surface area contributed by atoms with Gasteiger partial charge in [0.05, 0.1) is 22.2 Å². The summed E-state index contributed by atoms with van der Waals surface area (Å²) in [7, 11) is 0. The van der Waals surface area contributed by atoms with Crippen LogP contribution in [-0.4, -0.2) is 44.4 Å². The number of hydrogen-bond donors (Lipinski definition) is 0. The van der Waals surface area contributed by atoms with E-state index < -0.39 is 5.60 Å². The average molecular weight is 402 g/mol. The second kappa shape index (κ2) is 8.00. The van der Waals surface area contributed by atoms with Crippen LogP contribution in [0.4, 0.5) is 10.5 Å². The molecule has 1 aromatic heterocycles. The number of ether oxygens (including phenoxy) is 1. The summed E-state index contributed by atoms with van der Waals surface area (Å²) >= 11 is 0. The largest absolute Gasteiger partial charge is 0.444 e. The molecular weight excluding hydrogens is 372 g/mol. The molecule has 2 heterocycles. The fraction of sp³-hybridized carbons (Fsp3) is 0.619. The lowest BCUT2D eigenvalue weighted by atomic mass is 9.91. The van der Waals surface area contributed by atoms with Crippen LogP contribution < -0.4 is 0 Å². The fourth-order valence-electron chi connectivity index (χ4n) is 3.99. The molecule has 2 aromatic rings. The van der Waals surface area contributed by atoms with Crippen LogP contribution in [0, 0.1) is 23.0 Å². The summed E-state index contributed by atoms with van der Waals surface area (Å²) in [4.78, 5) is 24.8. The molecule has 1 amide bonds. The Kier molecular flexibility index (Phi) is 5.82. The first-order valence-corrected chi connectivity index (χ1v) is 10.2. The van der Waals surface area contributed by atoms with E-state index in [9.17, 15) is 14.9 Å². The van der Waals surface area contributed by atoms with Gasteiger partial charge in [0.2, 0.25) is 0 Å². The minimum Gasteiger partial charge on any atom is -0.444 e. The lowest BCUT2D eigenvalue weighted by Gasteiger charge is -2.34. The van der Waals surface area contributed by atoms with Crippen molar-refractivity contribution in [1.82, 2.24) is 14.7 Å². The van der Waals surface area contributed by atoms with Crippen LogP contribution >= 0.6 is 0 Å². The normalized spacial score (nSPS) is 16.8. The van der Waals surface area contributed by atoms with Crippen molar-refractivity contribution < 1.29 is 14.5 Å². The van der Waals surface area contributed by atoms with Crippen LogP contribution in [0.1, 0.15) is 58.7 Å². The van der Waals surface area contributed by atoms with Gasteiger partial charge in [-0.1, -0.05) is 0 Å². The van der Waals surface area contributed by atoms with Crippen molar-refractivity contribution in [2.45, 2.75) is 65.5 Å². The average Bonchev–Trinajstić information content (AvgIpc) is 2.97. The molecule has 0 aliphatic carbocycles. The van der Waals surface area contributed by atoms with E-state index in [1.807, 2.05) is 32.4 Å². The van der Waals surface area contributed by atoms with Crippen LogP contribution in [-0.2, 0) is 4.74 Å². The van der Waals surface area contributed by atoms with Crippen molar-refractivity contribution in [2.75, 3.05) is 13.1 Å². The molecule has 0 N–H and O–H groups in total. The summed E-state index contributed by atoms with van der Waals surface area (Å²) < 4.78 is 7.38. The molecule has 8 nitrogen and oxygen atoms in total. The Hall–Kier alpha value is -2.64. The van der Waals surface area contributed by atoms with Gasteiger partial charge >= 0.3 is 6.09 Å². The third-order valence-electron chi connectivity index (χ3n) is 5.44. The van der Waals surface area contributed by atoms with Gasteiger partial charge in [-0.05, 0) is 65.9 Å². The number of fused-ring (bicyclic) bond motifs is 1. The maximum Gasteiger partial charge on any atom is 0.410 e. The van der Waals surface area contributed by atoms with E-state index in [1.54, 1.807) is 17.0 Å². The van der Waals surface area contributed by atoms with Gasteiger partial charge in [-0.15, -0.1) is 0 Å². The molecule has 8 heteroatoms. The Morgan fingerprint density at radius 1 is 1.34 bits per heavy atom. The second-order valence-corrected chi connectivity index (χ2v) is 8.98. The minimum atomic E-state index is -0.482. The molecule has 158 valence electrons. The molecule has 29 heavy (non-hydrogen) atoms. The molecule has 0 saturated carbocycles. The van der Waals surface area contributed by atoms with Crippen molar-refractivity contribution in [3.05, 3.63) is 34.0 Å². The number of benzene rings is 1. The van der Waals surface area contributed by atoms with Crippen molar-refractivity contribution >= 4 is 22.7 Å². The standard InChI is InChI=1S/C21H30N4O4/c1-14(12-16-8-10-23(11-9-16)20(26)29-21(3,4)5)24-19-13-17(25(27)28)6-7-18(19)15(2)22-24/h6-7,13-14,16H,8-12H2,1-5H3. The van der Waals surface area contributed by atoms with E-state index in [2.05, 4.69) is 12.0 Å². The minimum absolute atomic E-state index is 0.0801. The highest BCUT2D eigenvalue weighted by Crippen LogP contribution is 2.31. The van der Waals surface area contributed by atoms with Crippen LogP contribution in [0.3, 0.4) is 0 Å². The van der Waals surface area contributed by atoms with Gasteiger partial charge in [-0.2, -0.15) is 5.10 Å². The number of carbonyl (C=O) groups is 1. The molecule has 1 aromatic carbocycles. The van der Waals surface area contributed by atoms with E-state index in [1.165, 1.54) is 6.07 Å². The first-order chi connectivity index (χ1) is 13.5. The first kappa shape index (κ1) is 21.1. The predicted octanol–water partition coefficient (Wildman–Crippen LogP) is 4.85. The Balaban J connectivity index is 1.66. The summed E-state index contributed by atoms with van der Waals surface area (Å²) in [6.45, 7) is 11.0. The summed E-state index contributed by atoms with van der Waals surface area (Å²) in [5, 5.41) is 16.8. The molecule has 1 saturated heterocycles. The van der Waals surface area contributed by atoms with Gasteiger partial charge in [0.1, 0.15) is 5.60 Å². The number of carbonyl (C=O) groups excluding carboxylic acids is 1. The zero-order valence-electron chi connectivity index (χ0n) is 17.8. The van der Waals surface area contributed by atoms with Gasteiger partial charge in [0.15, 0.2) is 0 Å². The molecular formula is C21H30N4O4. The number of nitro benzene ring substituents is 1. The summed E-state index contributed by atoms with van der Waals surface area (Å²) in [6, 6.07) is 5.03. The van der Waals surface area contributed by atoms with Crippen molar-refractivity contribution in [3.8, 4) is 0 Å². The number of nitrogens with zero attached hydrogens (tertiary/aromatic N) is 4. The fourth-order valence-corrected chi connectivity index (χ4v) is 3.99. The zero-order chi connectivity index (χ0) is 21.3. The van der Waals surface area contributed by atoms with Gasteiger partial charge < -0.3 is 9.64 Å². The number of piperidine rings is 1. The monoisotopic (exact) mass is 402 g/mol. The Labute approximate surface area is 171 Å². The highest BCUT2D eigenvalue weighted by Gasteiger charge is 2.28. The van der Waals surface area contributed by atoms with Crippen LogP contribution in [0.5, 0.6) is 0 Å². The Bertz CT molecular complexity index is 907. The highest BCUT2D eigenvalue weighted by atomic mass is 16.6. The van der Waals surface area contributed by atoms with E-state index in [-0.39, 0.29) is 22.7 Å². The van der Waals surface area contributed by atoms with Gasteiger partial charge in [0, 0.05) is 30.6 Å². The maximum absolute atomic E-state index is 12.2. The third-order valence-corrected chi connectivity index (χ3v) is 5.44. The van der Waals surface area contributed by atoms with Crippen molar-refractivity contribution in [2.24, 2.45) is 5.92 Å². The second-order valence-electron chi connectivity index (χ2n) is 8.98. The SMILES string of the molecule is Cc1nn(C(C)CC2CCN(C(=O)OC(C)(C)C)CC2)c2cc([N+](=O)[O-])ccc12. The molecule has 1 aliphatic rings. The van der Waals surface area contributed by atoms with E-state index >= 15 is 0 Å². The summed E-state index contributed by atoms with van der Waals surface area (Å²) in [5.74, 6) is 0.474. The smallest absolute Gasteiger partial charge is 0.410 e. The van der Waals surface area contributed by atoms with E-state index in [0.29, 0.717) is 19.0 Å². The number of non-ortho nitro benzene ring substituents is 1. The van der Waals surface area contributed by atoms with Gasteiger partial charge in [0.25, 0.3) is 5.69 Å². The Morgan fingerprint density at radius 3 is 2.59 bits per heavy atom. The number of likely N-dealkylation sites (tertiary alicyclic amines) is 1. The van der Waals surface area contributed by atoms with Crippen molar-refractivity contribution in [1.29, 1.82) is 0 Å². The molecule has 1 unspecified atom stereocenters. The number of rotatable bonds is 4. The number of aryl methyl sites for hydroxylation is 1. The Morgan fingerprint density at radius 2 is 2.00 bits per heavy atom. The lowest BCUT2D eigenvalue weighted by Crippen LogP contribution is -2.42. The third kappa shape index (κ3) is 4.86.